The third kappa shape index (κ3) is 5.32. The summed E-state index contributed by atoms with van der Waals surface area (Å²) in [5, 5.41) is 11.7. The number of carbonyl (C=O) groups excluding carboxylic acids is 2. The van der Waals surface area contributed by atoms with Crippen LogP contribution in [0.3, 0.4) is 0 Å². The highest BCUT2D eigenvalue weighted by molar-refractivity contribution is 6.31. The molecule has 8 heteroatoms. The number of H-pyrrole nitrogens is 1. The molecule has 4 N–H and O–H groups in total. The van der Waals surface area contributed by atoms with E-state index < -0.39 is 23.5 Å². The first-order chi connectivity index (χ1) is 17.0. The van der Waals surface area contributed by atoms with Crippen LogP contribution < -0.4 is 11.2 Å². The lowest BCUT2D eigenvalue weighted by Gasteiger charge is -2.36. The number of amides is 2. The Kier molecular flexibility index (Phi) is 6.97. The summed E-state index contributed by atoms with van der Waals surface area (Å²) in [6, 6.07) is 19.3. The van der Waals surface area contributed by atoms with Crippen molar-refractivity contribution in [3.63, 3.8) is 0 Å². The number of nitrogens with zero attached hydrogens (tertiary/aromatic N) is 1. The van der Waals surface area contributed by atoms with Crippen LogP contribution in [0.5, 0.6) is 0 Å². The molecular weight excluding hydrogens is 478 g/mol. The van der Waals surface area contributed by atoms with Crippen molar-refractivity contribution < 1.29 is 14.7 Å². The number of aliphatic hydroxyl groups is 1. The highest BCUT2D eigenvalue weighted by Gasteiger charge is 2.33. The molecule has 0 radical (unpaired) electrons. The number of primary amides is 1. The van der Waals surface area contributed by atoms with Gasteiger partial charge in [0, 0.05) is 33.3 Å². The Morgan fingerprint density at radius 1 is 1.03 bits per heavy atom. The number of hydrogen-bond acceptors (Lipinski definition) is 4. The lowest BCUT2D eigenvalue weighted by atomic mass is 9.94. The molecule has 0 bridgehead atoms. The van der Waals surface area contributed by atoms with Gasteiger partial charge in [0.1, 0.15) is 0 Å². The Hall–Kier alpha value is -3.94. The molecule has 1 heterocycles. The van der Waals surface area contributed by atoms with Gasteiger partial charge >= 0.3 is 0 Å². The molecule has 0 saturated carbocycles. The van der Waals surface area contributed by atoms with Gasteiger partial charge in [-0.3, -0.25) is 14.4 Å². The van der Waals surface area contributed by atoms with E-state index in [1.165, 1.54) is 29.2 Å². The van der Waals surface area contributed by atoms with Gasteiger partial charge in [0.15, 0.2) is 5.43 Å². The number of fused-ring (bicyclic) bond motifs is 1. The van der Waals surface area contributed by atoms with Gasteiger partial charge in [-0.25, -0.2) is 0 Å². The molecule has 1 unspecified atom stereocenters. The summed E-state index contributed by atoms with van der Waals surface area (Å²) in [5.74, 6) is -1.02. The number of aromatic nitrogens is 1. The molecule has 0 saturated heterocycles. The summed E-state index contributed by atoms with van der Waals surface area (Å²) in [6.45, 7) is 3.12. The second-order valence-corrected chi connectivity index (χ2v) is 9.70. The standard InChI is InChI=1S/C28H26ClN3O4/c1-28(2,36)16-32(27(35)19-10-8-18(9-11-19)26(30)34)24(17-6-4-3-5-7-17)22-15-31-23-14-20(29)12-13-21(23)25(22)33/h3-15,24,36H,16H2,1-2H3,(H2,30,34)(H,31,33). The first kappa shape index (κ1) is 25.2. The summed E-state index contributed by atoms with van der Waals surface area (Å²) in [6.07, 6.45) is 1.58. The van der Waals surface area contributed by atoms with Gasteiger partial charge in [0.2, 0.25) is 5.91 Å². The lowest BCUT2D eigenvalue weighted by Crippen LogP contribution is -2.45. The number of benzene rings is 3. The number of rotatable bonds is 7. The second kappa shape index (κ2) is 9.97. The number of halogens is 1. The number of nitrogens with one attached hydrogen (secondary N) is 1. The monoisotopic (exact) mass is 503 g/mol. The van der Waals surface area contributed by atoms with Crippen LogP contribution in [0.15, 0.2) is 83.8 Å². The Labute approximate surface area is 213 Å². The largest absolute Gasteiger partial charge is 0.389 e. The van der Waals surface area contributed by atoms with E-state index >= 15 is 0 Å². The van der Waals surface area contributed by atoms with Gasteiger partial charge in [0.05, 0.1) is 23.7 Å². The molecule has 0 aliphatic carbocycles. The first-order valence-electron chi connectivity index (χ1n) is 11.3. The van der Waals surface area contributed by atoms with Crippen LogP contribution in [0.25, 0.3) is 10.9 Å². The van der Waals surface area contributed by atoms with Crippen LogP contribution in [0.1, 0.15) is 51.7 Å². The van der Waals surface area contributed by atoms with Crippen molar-refractivity contribution in [1.29, 1.82) is 0 Å². The van der Waals surface area contributed by atoms with Crippen molar-refractivity contribution in [3.8, 4) is 0 Å². The van der Waals surface area contributed by atoms with Gasteiger partial charge in [-0.05, 0) is 61.9 Å². The summed E-state index contributed by atoms with van der Waals surface area (Å²) in [5.41, 5.74) is 5.97. The molecule has 184 valence electrons. The molecule has 4 rings (SSSR count). The maximum atomic E-state index is 13.9. The van der Waals surface area contributed by atoms with Gasteiger partial charge < -0.3 is 20.7 Å². The topological polar surface area (TPSA) is 116 Å². The van der Waals surface area contributed by atoms with Crippen LogP contribution in [0.4, 0.5) is 0 Å². The van der Waals surface area contributed by atoms with E-state index in [2.05, 4.69) is 4.98 Å². The molecule has 1 aromatic heterocycles. The van der Waals surface area contributed by atoms with E-state index in [0.717, 1.165) is 0 Å². The molecule has 7 nitrogen and oxygen atoms in total. The lowest BCUT2D eigenvalue weighted by molar-refractivity contribution is 0.0222. The fraction of sp³-hybridized carbons (Fsp3) is 0.179. The molecule has 1 atom stereocenters. The van der Waals surface area contributed by atoms with E-state index in [9.17, 15) is 19.5 Å². The van der Waals surface area contributed by atoms with Gasteiger partial charge in [-0.15, -0.1) is 0 Å². The Bertz CT molecular complexity index is 1480. The van der Waals surface area contributed by atoms with Crippen LogP contribution >= 0.6 is 11.6 Å². The fourth-order valence-electron chi connectivity index (χ4n) is 4.22. The Morgan fingerprint density at radius 2 is 1.67 bits per heavy atom. The second-order valence-electron chi connectivity index (χ2n) is 9.26. The van der Waals surface area contributed by atoms with Gasteiger partial charge in [-0.1, -0.05) is 41.9 Å². The highest BCUT2D eigenvalue weighted by Crippen LogP contribution is 2.31. The third-order valence-electron chi connectivity index (χ3n) is 5.83. The molecule has 3 aromatic carbocycles. The van der Waals surface area contributed by atoms with E-state index in [-0.39, 0.29) is 23.1 Å². The normalized spacial score (nSPS) is 12.3. The van der Waals surface area contributed by atoms with E-state index in [0.29, 0.717) is 27.1 Å². The van der Waals surface area contributed by atoms with Crippen LogP contribution in [-0.4, -0.2) is 39.0 Å². The van der Waals surface area contributed by atoms with Crippen molar-refractivity contribution >= 4 is 34.3 Å². The molecule has 0 aliphatic rings. The average Bonchev–Trinajstić information content (AvgIpc) is 2.84. The number of aromatic amines is 1. The Morgan fingerprint density at radius 3 is 2.28 bits per heavy atom. The average molecular weight is 504 g/mol. The summed E-state index contributed by atoms with van der Waals surface area (Å²) in [4.78, 5) is 43.7. The minimum Gasteiger partial charge on any atom is -0.389 e. The van der Waals surface area contributed by atoms with Gasteiger partial charge in [-0.2, -0.15) is 0 Å². The third-order valence-corrected chi connectivity index (χ3v) is 6.06. The predicted molar refractivity (Wildman–Crippen MR) is 140 cm³/mol. The molecule has 0 aliphatic heterocycles. The van der Waals surface area contributed by atoms with Gasteiger partial charge in [0.25, 0.3) is 5.91 Å². The molecule has 4 aromatic rings. The summed E-state index contributed by atoms with van der Waals surface area (Å²) in [7, 11) is 0. The minimum absolute atomic E-state index is 0.0684. The van der Waals surface area contributed by atoms with Crippen molar-refractivity contribution in [2.24, 2.45) is 5.73 Å². The first-order valence-corrected chi connectivity index (χ1v) is 11.7. The van der Waals surface area contributed by atoms with Crippen LogP contribution in [0.2, 0.25) is 5.02 Å². The van der Waals surface area contributed by atoms with E-state index in [1.54, 1.807) is 38.2 Å². The zero-order valence-corrected chi connectivity index (χ0v) is 20.6. The SMILES string of the molecule is CC(C)(O)CN(C(=O)c1ccc(C(N)=O)cc1)C(c1ccccc1)c1c[nH]c2cc(Cl)ccc2c1=O. The molecule has 0 fully saturated rings. The molecule has 36 heavy (non-hydrogen) atoms. The maximum absolute atomic E-state index is 13.9. The molecule has 0 spiro atoms. The summed E-state index contributed by atoms with van der Waals surface area (Å²) < 4.78 is 0. The van der Waals surface area contributed by atoms with Crippen molar-refractivity contribution in [2.45, 2.75) is 25.5 Å². The van der Waals surface area contributed by atoms with E-state index in [4.69, 9.17) is 17.3 Å². The Balaban J connectivity index is 1.91. The molecule has 2 amide bonds. The van der Waals surface area contributed by atoms with Crippen molar-refractivity contribution in [1.82, 2.24) is 9.88 Å². The van der Waals surface area contributed by atoms with Crippen LogP contribution in [0, 0.1) is 0 Å². The fourth-order valence-corrected chi connectivity index (χ4v) is 4.39. The zero-order chi connectivity index (χ0) is 26.0. The molecular formula is C28H26ClN3O4. The van der Waals surface area contributed by atoms with E-state index in [1.807, 2.05) is 30.3 Å². The maximum Gasteiger partial charge on any atom is 0.254 e. The minimum atomic E-state index is -1.27. The highest BCUT2D eigenvalue weighted by atomic mass is 35.5. The van der Waals surface area contributed by atoms with Crippen molar-refractivity contribution in [3.05, 3.63) is 116 Å². The summed E-state index contributed by atoms with van der Waals surface area (Å²) >= 11 is 6.10. The predicted octanol–water partition coefficient (Wildman–Crippen LogP) is 4.28. The number of nitrogens with two attached hydrogens (primary N) is 1. The van der Waals surface area contributed by atoms with Crippen LogP contribution in [-0.2, 0) is 0 Å². The zero-order valence-electron chi connectivity index (χ0n) is 19.9. The number of pyridine rings is 1. The smallest absolute Gasteiger partial charge is 0.254 e. The van der Waals surface area contributed by atoms with Crippen molar-refractivity contribution in [2.75, 3.05) is 6.54 Å². The quantitative estimate of drug-likeness (QED) is 0.349. The number of hydrogen-bond donors (Lipinski definition) is 3. The number of carbonyl (C=O) groups is 2.